The van der Waals surface area contributed by atoms with Gasteiger partial charge in [0.25, 0.3) is 0 Å². The number of fused-ring (bicyclic) bond motifs is 2. The van der Waals surface area contributed by atoms with Crippen LogP contribution in [0, 0.1) is 23.7 Å². The van der Waals surface area contributed by atoms with Crippen molar-refractivity contribution >= 4 is 0 Å². The molecule has 0 aromatic heterocycles. The summed E-state index contributed by atoms with van der Waals surface area (Å²) in [7, 11) is 0. The lowest BCUT2D eigenvalue weighted by Crippen LogP contribution is -2.12. The van der Waals surface area contributed by atoms with Crippen LogP contribution in [0.3, 0.4) is 0 Å². The summed E-state index contributed by atoms with van der Waals surface area (Å²) in [4.78, 5) is 0. The first-order valence-corrected chi connectivity index (χ1v) is 3.97. The summed E-state index contributed by atoms with van der Waals surface area (Å²) >= 11 is 0. The van der Waals surface area contributed by atoms with Gasteiger partial charge in [0.15, 0.2) is 0 Å². The topological polar surface area (TPSA) is 0 Å². The molecule has 0 heteroatoms. The smallest absolute Gasteiger partial charge is 0.0199 e. The molecule has 0 spiro atoms. The molecule has 2 aliphatic rings. The summed E-state index contributed by atoms with van der Waals surface area (Å²) in [5.41, 5.74) is 0. The molecule has 4 atom stereocenters. The standard InChI is InChI=1S/C9H14/c1-6-7(2)9-4-3-8(6)5-9/h3-4,6-9H,5H2,1-2H3/t6-,7+,8-,9+. The number of rotatable bonds is 0. The molecule has 0 aromatic carbocycles. The minimum Gasteiger partial charge on any atom is -0.0848 e. The Bertz CT molecular complexity index is 130. The molecule has 2 rings (SSSR count). The summed E-state index contributed by atoms with van der Waals surface area (Å²) in [6.07, 6.45) is 6.27. The van der Waals surface area contributed by atoms with Crippen LogP contribution in [-0.4, -0.2) is 0 Å². The summed E-state index contributed by atoms with van der Waals surface area (Å²) in [6.45, 7) is 4.78. The van der Waals surface area contributed by atoms with E-state index in [1.54, 1.807) is 0 Å². The van der Waals surface area contributed by atoms with Crippen molar-refractivity contribution in [3.63, 3.8) is 0 Å². The first-order valence-electron chi connectivity index (χ1n) is 3.97. The van der Waals surface area contributed by atoms with Gasteiger partial charge >= 0.3 is 0 Å². The van der Waals surface area contributed by atoms with Crippen molar-refractivity contribution in [3.05, 3.63) is 12.2 Å². The van der Waals surface area contributed by atoms with E-state index in [1.165, 1.54) is 6.42 Å². The van der Waals surface area contributed by atoms with Crippen LogP contribution in [0.5, 0.6) is 0 Å². The van der Waals surface area contributed by atoms with Crippen LogP contribution in [-0.2, 0) is 0 Å². The first kappa shape index (κ1) is 5.52. The molecule has 0 saturated heterocycles. The molecule has 0 unspecified atom stereocenters. The van der Waals surface area contributed by atoms with E-state index in [9.17, 15) is 0 Å². The summed E-state index contributed by atoms with van der Waals surface area (Å²) < 4.78 is 0. The third-order valence-electron chi connectivity index (χ3n) is 3.33. The average molecular weight is 122 g/mol. The highest BCUT2D eigenvalue weighted by molar-refractivity contribution is 5.11. The Balaban J connectivity index is 2.26. The second-order valence-corrected chi connectivity index (χ2v) is 3.67. The normalized spacial score (nSPS) is 54.9. The second-order valence-electron chi connectivity index (χ2n) is 3.67. The van der Waals surface area contributed by atoms with Gasteiger partial charge in [0.1, 0.15) is 0 Å². The molecule has 9 heavy (non-hydrogen) atoms. The Kier molecular flexibility index (Phi) is 0.992. The fourth-order valence-electron chi connectivity index (χ4n) is 2.32. The van der Waals surface area contributed by atoms with Crippen molar-refractivity contribution in [1.29, 1.82) is 0 Å². The Morgan fingerprint density at radius 2 is 1.44 bits per heavy atom. The predicted molar refractivity (Wildman–Crippen MR) is 39.1 cm³/mol. The zero-order chi connectivity index (χ0) is 6.43. The van der Waals surface area contributed by atoms with E-state index < -0.39 is 0 Å². The van der Waals surface area contributed by atoms with E-state index in [4.69, 9.17) is 0 Å². The van der Waals surface area contributed by atoms with Gasteiger partial charge in [-0.1, -0.05) is 26.0 Å². The Labute approximate surface area is 57.0 Å². The number of hydrogen-bond donors (Lipinski definition) is 0. The average Bonchev–Trinajstić information content (AvgIpc) is 2.37. The van der Waals surface area contributed by atoms with Crippen LogP contribution in [0.4, 0.5) is 0 Å². The molecule has 0 aromatic rings. The zero-order valence-electron chi connectivity index (χ0n) is 6.17. The van der Waals surface area contributed by atoms with E-state index in [1.807, 2.05) is 0 Å². The van der Waals surface area contributed by atoms with Gasteiger partial charge in [0.2, 0.25) is 0 Å². The molecule has 0 radical (unpaired) electrons. The molecule has 1 fully saturated rings. The van der Waals surface area contributed by atoms with Crippen LogP contribution in [0.2, 0.25) is 0 Å². The highest BCUT2D eigenvalue weighted by Crippen LogP contribution is 2.47. The van der Waals surface area contributed by atoms with Crippen molar-refractivity contribution in [2.24, 2.45) is 23.7 Å². The summed E-state index contributed by atoms with van der Waals surface area (Å²) in [5, 5.41) is 0. The zero-order valence-corrected chi connectivity index (χ0v) is 6.17. The minimum atomic E-state index is 0.935. The molecule has 2 bridgehead atoms. The fourth-order valence-corrected chi connectivity index (χ4v) is 2.32. The maximum atomic E-state index is 2.41. The summed E-state index contributed by atoms with van der Waals surface area (Å²) in [5.74, 6) is 3.79. The molecular weight excluding hydrogens is 108 g/mol. The maximum Gasteiger partial charge on any atom is -0.0199 e. The van der Waals surface area contributed by atoms with E-state index in [0.717, 1.165) is 23.7 Å². The number of hydrogen-bond acceptors (Lipinski definition) is 0. The molecule has 1 saturated carbocycles. The molecule has 50 valence electrons. The Morgan fingerprint density at radius 3 is 1.67 bits per heavy atom. The third kappa shape index (κ3) is 0.593. The SMILES string of the molecule is C[C@@H]1[C@H](C)[C@H]2C=C[C@@H]1C2. The number of allylic oxidation sites excluding steroid dienone is 2. The van der Waals surface area contributed by atoms with Crippen LogP contribution >= 0.6 is 0 Å². The van der Waals surface area contributed by atoms with Crippen molar-refractivity contribution in [2.45, 2.75) is 20.3 Å². The lowest BCUT2D eigenvalue weighted by atomic mass is 9.86. The lowest BCUT2D eigenvalue weighted by Gasteiger charge is -2.19. The first-order chi connectivity index (χ1) is 4.29. The molecule has 0 N–H and O–H groups in total. The van der Waals surface area contributed by atoms with Crippen molar-refractivity contribution in [2.75, 3.05) is 0 Å². The van der Waals surface area contributed by atoms with Crippen molar-refractivity contribution in [1.82, 2.24) is 0 Å². The monoisotopic (exact) mass is 122 g/mol. The lowest BCUT2D eigenvalue weighted by molar-refractivity contribution is 0.364. The molecular formula is C9H14. The molecule has 0 amide bonds. The third-order valence-corrected chi connectivity index (χ3v) is 3.33. The molecule has 0 nitrogen and oxygen atoms in total. The quantitative estimate of drug-likeness (QED) is 0.433. The van der Waals surface area contributed by atoms with Crippen molar-refractivity contribution in [3.8, 4) is 0 Å². The van der Waals surface area contributed by atoms with E-state index in [2.05, 4.69) is 26.0 Å². The van der Waals surface area contributed by atoms with Gasteiger partial charge < -0.3 is 0 Å². The Hall–Kier alpha value is -0.260. The van der Waals surface area contributed by atoms with E-state index in [-0.39, 0.29) is 0 Å². The molecule has 2 aliphatic carbocycles. The summed E-state index contributed by atoms with van der Waals surface area (Å²) in [6, 6.07) is 0. The van der Waals surface area contributed by atoms with Crippen LogP contribution in [0.15, 0.2) is 12.2 Å². The fraction of sp³-hybridized carbons (Fsp3) is 0.778. The van der Waals surface area contributed by atoms with Crippen LogP contribution in [0.25, 0.3) is 0 Å². The van der Waals surface area contributed by atoms with Gasteiger partial charge in [-0.05, 0) is 30.1 Å². The van der Waals surface area contributed by atoms with Gasteiger partial charge in [0, 0.05) is 0 Å². The van der Waals surface area contributed by atoms with E-state index in [0.29, 0.717) is 0 Å². The highest BCUT2D eigenvalue weighted by Gasteiger charge is 2.38. The minimum absolute atomic E-state index is 0.935. The largest absolute Gasteiger partial charge is 0.0848 e. The van der Waals surface area contributed by atoms with Crippen molar-refractivity contribution < 1.29 is 0 Å². The van der Waals surface area contributed by atoms with Crippen LogP contribution in [0.1, 0.15) is 20.3 Å². The predicted octanol–water partition coefficient (Wildman–Crippen LogP) is 2.46. The van der Waals surface area contributed by atoms with Gasteiger partial charge in [-0.25, -0.2) is 0 Å². The highest BCUT2D eigenvalue weighted by atomic mass is 14.4. The maximum absolute atomic E-state index is 2.41. The van der Waals surface area contributed by atoms with Gasteiger partial charge in [0.05, 0.1) is 0 Å². The molecule has 0 aliphatic heterocycles. The Morgan fingerprint density at radius 1 is 1.00 bits per heavy atom. The second kappa shape index (κ2) is 1.62. The van der Waals surface area contributed by atoms with Gasteiger partial charge in [-0.3, -0.25) is 0 Å². The van der Waals surface area contributed by atoms with Gasteiger partial charge in [-0.15, -0.1) is 0 Å². The van der Waals surface area contributed by atoms with E-state index >= 15 is 0 Å². The van der Waals surface area contributed by atoms with Gasteiger partial charge in [-0.2, -0.15) is 0 Å². The molecule has 0 heterocycles. The van der Waals surface area contributed by atoms with Crippen LogP contribution < -0.4 is 0 Å².